The number of hydrogen-bond donors (Lipinski definition) is 1. The number of hydrogen-bond acceptors (Lipinski definition) is 6. The van der Waals surface area contributed by atoms with Crippen molar-refractivity contribution in [2.75, 3.05) is 17.3 Å². The Kier molecular flexibility index (Phi) is 5.62. The van der Waals surface area contributed by atoms with Gasteiger partial charge in [0.1, 0.15) is 5.75 Å². The van der Waals surface area contributed by atoms with Crippen molar-refractivity contribution in [3.8, 4) is 11.5 Å². The Morgan fingerprint density at radius 2 is 1.55 bits per heavy atom. The van der Waals surface area contributed by atoms with Gasteiger partial charge in [0.2, 0.25) is 5.95 Å². The Morgan fingerprint density at radius 3 is 2.34 bits per heavy atom. The highest BCUT2D eigenvalue weighted by atomic mass is 16.5. The summed E-state index contributed by atoms with van der Waals surface area (Å²) in [6.07, 6.45) is 1.65. The first-order valence-electron chi connectivity index (χ1n) is 9.32. The Labute approximate surface area is 169 Å². The quantitative estimate of drug-likeness (QED) is 0.482. The van der Waals surface area contributed by atoms with Gasteiger partial charge in [-0.3, -0.25) is 0 Å². The summed E-state index contributed by atoms with van der Waals surface area (Å²) in [7, 11) is 1.98. The second kappa shape index (κ2) is 8.84. The summed E-state index contributed by atoms with van der Waals surface area (Å²) in [5, 5.41) is 11.4. The molecule has 29 heavy (non-hydrogen) atoms. The van der Waals surface area contributed by atoms with Crippen molar-refractivity contribution in [1.82, 2.24) is 15.2 Å². The van der Waals surface area contributed by atoms with Crippen LogP contribution in [-0.2, 0) is 6.54 Å². The number of aromatic nitrogens is 3. The van der Waals surface area contributed by atoms with Crippen LogP contribution in [-0.4, -0.2) is 22.2 Å². The predicted molar refractivity (Wildman–Crippen MR) is 115 cm³/mol. The molecule has 6 nitrogen and oxygen atoms in total. The van der Waals surface area contributed by atoms with Crippen LogP contribution >= 0.6 is 0 Å². The molecule has 1 aromatic heterocycles. The zero-order valence-corrected chi connectivity index (χ0v) is 16.1. The first kappa shape index (κ1) is 18.4. The van der Waals surface area contributed by atoms with Crippen LogP contribution in [0.4, 0.5) is 17.5 Å². The normalized spacial score (nSPS) is 10.4. The molecule has 0 amide bonds. The van der Waals surface area contributed by atoms with Crippen molar-refractivity contribution in [3.05, 3.63) is 96.7 Å². The summed E-state index contributed by atoms with van der Waals surface area (Å²) >= 11 is 0. The number of nitrogens with zero attached hydrogens (tertiary/aromatic N) is 4. The maximum absolute atomic E-state index is 5.99. The van der Waals surface area contributed by atoms with E-state index in [9.17, 15) is 0 Å². The first-order valence-corrected chi connectivity index (χ1v) is 9.32. The van der Waals surface area contributed by atoms with Gasteiger partial charge in [0.05, 0.1) is 11.9 Å². The second-order valence-electron chi connectivity index (χ2n) is 6.52. The molecule has 6 heteroatoms. The molecule has 0 atom stereocenters. The van der Waals surface area contributed by atoms with Crippen LogP contribution in [0.2, 0.25) is 0 Å². The van der Waals surface area contributed by atoms with Crippen molar-refractivity contribution in [2.45, 2.75) is 6.54 Å². The predicted octanol–water partition coefficient (Wildman–Crippen LogP) is 5.04. The lowest BCUT2D eigenvalue weighted by atomic mass is 10.2. The van der Waals surface area contributed by atoms with Crippen LogP contribution in [0.3, 0.4) is 0 Å². The van der Waals surface area contributed by atoms with Gasteiger partial charge >= 0.3 is 0 Å². The third kappa shape index (κ3) is 4.87. The van der Waals surface area contributed by atoms with Crippen LogP contribution in [0.5, 0.6) is 11.5 Å². The zero-order valence-electron chi connectivity index (χ0n) is 16.1. The van der Waals surface area contributed by atoms with Gasteiger partial charge in [-0.2, -0.15) is 10.1 Å². The summed E-state index contributed by atoms with van der Waals surface area (Å²) in [5.74, 6) is 2.59. The highest BCUT2D eigenvalue weighted by molar-refractivity contribution is 5.63. The molecule has 0 aliphatic carbocycles. The van der Waals surface area contributed by atoms with Crippen molar-refractivity contribution < 1.29 is 4.74 Å². The van der Waals surface area contributed by atoms with E-state index in [1.807, 2.05) is 84.7 Å². The highest BCUT2D eigenvalue weighted by Crippen LogP contribution is 2.30. The molecule has 0 aliphatic rings. The van der Waals surface area contributed by atoms with Crippen molar-refractivity contribution >= 4 is 17.5 Å². The monoisotopic (exact) mass is 383 g/mol. The van der Waals surface area contributed by atoms with E-state index in [1.54, 1.807) is 6.20 Å². The van der Waals surface area contributed by atoms with Gasteiger partial charge < -0.3 is 15.0 Å². The molecule has 1 N–H and O–H groups in total. The highest BCUT2D eigenvalue weighted by Gasteiger charge is 2.10. The largest absolute Gasteiger partial charge is 0.455 e. The summed E-state index contributed by atoms with van der Waals surface area (Å²) in [6, 6.07) is 27.5. The molecule has 3 aromatic carbocycles. The third-order valence-electron chi connectivity index (χ3n) is 4.30. The van der Waals surface area contributed by atoms with Crippen molar-refractivity contribution in [1.29, 1.82) is 0 Å². The standard InChI is InChI=1S/C23H21N5O/c1-28(17-18-10-4-2-5-11-18)22-16-24-27-23(26-22)25-20-14-8-9-15-21(20)29-19-12-6-3-7-13-19/h2-16H,17H2,1H3,(H,25,26,27). The van der Waals surface area contributed by atoms with E-state index in [4.69, 9.17) is 4.74 Å². The van der Waals surface area contributed by atoms with Gasteiger partial charge in [-0.15, -0.1) is 5.10 Å². The van der Waals surface area contributed by atoms with Gasteiger partial charge in [-0.1, -0.05) is 60.7 Å². The Bertz CT molecular complexity index is 1060. The summed E-state index contributed by atoms with van der Waals surface area (Å²) < 4.78 is 5.99. The van der Waals surface area contributed by atoms with Crippen molar-refractivity contribution in [3.63, 3.8) is 0 Å². The number of para-hydroxylation sites is 3. The van der Waals surface area contributed by atoms with Gasteiger partial charge in [0, 0.05) is 13.6 Å². The fraction of sp³-hybridized carbons (Fsp3) is 0.0870. The average molecular weight is 383 g/mol. The Balaban J connectivity index is 1.51. The molecular formula is C23H21N5O. The third-order valence-corrected chi connectivity index (χ3v) is 4.30. The molecule has 0 saturated carbocycles. The second-order valence-corrected chi connectivity index (χ2v) is 6.52. The molecule has 144 valence electrons. The van der Waals surface area contributed by atoms with E-state index in [0.29, 0.717) is 11.7 Å². The minimum atomic E-state index is 0.409. The fourth-order valence-corrected chi connectivity index (χ4v) is 2.86. The van der Waals surface area contributed by atoms with E-state index < -0.39 is 0 Å². The van der Waals surface area contributed by atoms with Crippen molar-refractivity contribution in [2.24, 2.45) is 0 Å². The molecule has 0 bridgehead atoms. The smallest absolute Gasteiger partial charge is 0.249 e. The van der Waals surface area contributed by atoms with Crippen LogP contribution in [0.25, 0.3) is 0 Å². The van der Waals surface area contributed by atoms with Gasteiger partial charge in [0.15, 0.2) is 11.6 Å². The topological polar surface area (TPSA) is 63.2 Å². The maximum Gasteiger partial charge on any atom is 0.249 e. The summed E-state index contributed by atoms with van der Waals surface area (Å²) in [5.41, 5.74) is 1.96. The number of nitrogens with one attached hydrogen (secondary N) is 1. The molecule has 0 saturated heterocycles. The molecular weight excluding hydrogens is 362 g/mol. The molecule has 4 aromatic rings. The summed E-state index contributed by atoms with van der Waals surface area (Å²) in [6.45, 7) is 0.729. The lowest BCUT2D eigenvalue weighted by Gasteiger charge is -2.18. The number of anilines is 3. The minimum Gasteiger partial charge on any atom is -0.455 e. The lowest BCUT2D eigenvalue weighted by Crippen LogP contribution is -2.18. The Hall–Kier alpha value is -3.93. The molecule has 0 radical (unpaired) electrons. The van der Waals surface area contributed by atoms with Crippen LogP contribution in [0.15, 0.2) is 91.1 Å². The van der Waals surface area contributed by atoms with Crippen LogP contribution in [0, 0.1) is 0 Å². The molecule has 1 heterocycles. The average Bonchev–Trinajstić information content (AvgIpc) is 2.77. The molecule has 0 fully saturated rings. The van der Waals surface area contributed by atoms with Gasteiger partial charge in [-0.25, -0.2) is 0 Å². The molecule has 0 unspecified atom stereocenters. The fourth-order valence-electron chi connectivity index (χ4n) is 2.86. The molecule has 0 aliphatic heterocycles. The number of ether oxygens (including phenoxy) is 1. The van der Waals surface area contributed by atoms with Crippen LogP contribution < -0.4 is 15.0 Å². The Morgan fingerprint density at radius 1 is 0.862 bits per heavy atom. The molecule has 0 spiro atoms. The van der Waals surface area contributed by atoms with Gasteiger partial charge in [-0.05, 0) is 29.8 Å². The summed E-state index contributed by atoms with van der Waals surface area (Å²) in [4.78, 5) is 6.63. The van der Waals surface area contributed by atoms with E-state index in [2.05, 4.69) is 32.6 Å². The van der Waals surface area contributed by atoms with Gasteiger partial charge in [0.25, 0.3) is 0 Å². The number of benzene rings is 3. The maximum atomic E-state index is 5.99. The van der Waals surface area contributed by atoms with E-state index >= 15 is 0 Å². The van der Waals surface area contributed by atoms with E-state index in [-0.39, 0.29) is 0 Å². The lowest BCUT2D eigenvalue weighted by molar-refractivity contribution is 0.485. The van der Waals surface area contributed by atoms with E-state index in [1.165, 1.54) is 5.56 Å². The van der Waals surface area contributed by atoms with E-state index in [0.717, 1.165) is 23.8 Å². The molecule has 4 rings (SSSR count). The SMILES string of the molecule is CN(Cc1ccccc1)c1cnnc(Nc2ccccc2Oc2ccccc2)n1. The first-order chi connectivity index (χ1) is 14.3. The minimum absolute atomic E-state index is 0.409. The number of rotatable bonds is 7. The van der Waals surface area contributed by atoms with Crippen LogP contribution in [0.1, 0.15) is 5.56 Å². The zero-order chi connectivity index (χ0) is 19.9.